The van der Waals surface area contributed by atoms with Crippen LogP contribution in [0, 0.1) is 0 Å². The van der Waals surface area contributed by atoms with Crippen molar-refractivity contribution in [2.24, 2.45) is 0 Å². The molecule has 0 N–H and O–H groups in total. The molecule has 3 heteroatoms. The second-order valence-corrected chi connectivity index (χ2v) is 3.98. The summed E-state index contributed by atoms with van der Waals surface area (Å²) >= 11 is 1.67. The minimum atomic E-state index is -0.404. The van der Waals surface area contributed by atoms with Gasteiger partial charge in [0.1, 0.15) is 0 Å². The van der Waals surface area contributed by atoms with Crippen LogP contribution in [0.3, 0.4) is 0 Å². The van der Waals surface area contributed by atoms with Gasteiger partial charge in [0.05, 0.1) is 0 Å². The fourth-order valence-corrected chi connectivity index (χ4v) is 1.77. The van der Waals surface area contributed by atoms with Crippen molar-refractivity contribution in [2.45, 2.75) is 11.6 Å². The quantitative estimate of drug-likeness (QED) is 0.350. The summed E-state index contributed by atoms with van der Waals surface area (Å²) in [7, 11) is 0. The molecule has 1 atom stereocenters. The third kappa shape index (κ3) is 3.04. The van der Waals surface area contributed by atoms with E-state index in [1.807, 2.05) is 18.2 Å². The van der Waals surface area contributed by atoms with Crippen molar-refractivity contribution in [3.8, 4) is 5.75 Å². The molecule has 0 aliphatic rings. The van der Waals surface area contributed by atoms with Crippen molar-refractivity contribution < 1.29 is 9.53 Å². The van der Waals surface area contributed by atoms with E-state index in [1.165, 1.54) is 6.08 Å². The number of carbonyl (C=O) groups is 1. The van der Waals surface area contributed by atoms with E-state index >= 15 is 0 Å². The number of benzene rings is 1. The number of hydrogen-bond donors (Lipinski definition) is 0. The number of esters is 1. The molecule has 0 saturated carbocycles. The van der Waals surface area contributed by atoms with Crippen LogP contribution in [0.5, 0.6) is 5.75 Å². The van der Waals surface area contributed by atoms with Crippen molar-refractivity contribution in [3.05, 3.63) is 42.5 Å². The fraction of sp³-hybridized carbons (Fsp3) is 0.182. The molecule has 1 aromatic rings. The van der Waals surface area contributed by atoms with Crippen LogP contribution in [-0.2, 0) is 11.2 Å². The molecular weight excluding hydrogens is 239 g/mol. The monoisotopic (exact) mass is 252 g/mol. The van der Waals surface area contributed by atoms with Gasteiger partial charge in [-0.1, -0.05) is 0 Å². The second-order valence-electron chi connectivity index (χ2n) is 2.77. The van der Waals surface area contributed by atoms with Crippen LogP contribution in [0.25, 0.3) is 0 Å². The molecule has 0 radical (unpaired) electrons. The summed E-state index contributed by atoms with van der Waals surface area (Å²) in [5.74, 6) is 0.245. The molecule has 74 valence electrons. The average molecular weight is 252 g/mol. The Labute approximate surface area is 92.5 Å². The van der Waals surface area contributed by atoms with E-state index in [0.29, 0.717) is 5.75 Å². The fourth-order valence-electron chi connectivity index (χ4n) is 1.12. The van der Waals surface area contributed by atoms with Crippen molar-refractivity contribution >= 4 is 22.8 Å². The summed E-state index contributed by atoms with van der Waals surface area (Å²) in [6, 6.07) is 7.59. The first-order valence-electron chi connectivity index (χ1n) is 4.40. The van der Waals surface area contributed by atoms with Gasteiger partial charge in [-0.25, -0.2) is 0 Å². The molecule has 0 amide bonds. The topological polar surface area (TPSA) is 26.3 Å². The first kappa shape index (κ1) is 11.1. The van der Waals surface area contributed by atoms with Crippen LogP contribution in [0.2, 0.25) is 5.21 Å². The number of para-hydroxylation sites is 1. The first-order chi connectivity index (χ1) is 6.77. The van der Waals surface area contributed by atoms with E-state index in [-0.39, 0.29) is 0 Å². The van der Waals surface area contributed by atoms with Crippen LogP contribution >= 0.6 is 0 Å². The normalized spacial score (nSPS) is 9.50. The van der Waals surface area contributed by atoms with E-state index in [9.17, 15) is 4.79 Å². The molecule has 0 aliphatic heterocycles. The van der Waals surface area contributed by atoms with Gasteiger partial charge in [-0.3, -0.25) is 0 Å². The third-order valence-corrected chi connectivity index (χ3v) is 2.37. The van der Waals surface area contributed by atoms with Crippen LogP contribution in [0.1, 0.15) is 5.56 Å². The number of hydrogen-bond acceptors (Lipinski definition) is 2. The molecule has 0 aliphatic carbocycles. The Bertz CT molecular complexity index is 334. The maximum absolute atomic E-state index is 11.0. The van der Waals surface area contributed by atoms with E-state index in [0.717, 1.165) is 17.2 Å². The summed E-state index contributed by atoms with van der Waals surface area (Å²) in [4.78, 5) is 11.0. The summed E-state index contributed by atoms with van der Waals surface area (Å²) < 4.78 is 5.10. The summed E-state index contributed by atoms with van der Waals surface area (Å²) in [5.41, 5.74) is 1.08. The van der Waals surface area contributed by atoms with Crippen molar-refractivity contribution in [3.63, 3.8) is 0 Å². The molecule has 14 heavy (non-hydrogen) atoms. The van der Waals surface area contributed by atoms with Gasteiger partial charge in [0.2, 0.25) is 0 Å². The number of carbonyl (C=O) groups excluding carboxylic acids is 1. The maximum atomic E-state index is 11.0. The predicted molar refractivity (Wildman–Crippen MR) is 59.3 cm³/mol. The molecule has 2 nitrogen and oxygen atoms in total. The predicted octanol–water partition coefficient (Wildman–Crippen LogP) is 1.37. The minimum absolute atomic E-state index is 0.404. The van der Waals surface area contributed by atoms with Gasteiger partial charge in [-0.05, 0) is 0 Å². The Kier molecular flexibility index (Phi) is 4.48. The molecule has 0 saturated heterocycles. The summed E-state index contributed by atoms with van der Waals surface area (Å²) in [6.07, 6.45) is 2.12. The number of rotatable bonds is 4. The Hall–Kier alpha value is -1.01. The van der Waals surface area contributed by atoms with E-state index in [2.05, 4.69) is 6.58 Å². The molecule has 1 unspecified atom stereocenters. The van der Waals surface area contributed by atoms with Crippen molar-refractivity contribution in [1.82, 2.24) is 0 Å². The molecule has 0 bridgehead atoms. The molecule has 0 fully saturated rings. The van der Waals surface area contributed by atoms with Crippen molar-refractivity contribution in [2.75, 3.05) is 0 Å². The SMILES string of the molecule is C=CC(=O)Oc1ccccc1CC[AsH2]. The summed E-state index contributed by atoms with van der Waals surface area (Å²) in [6.45, 7) is 3.36. The van der Waals surface area contributed by atoms with Gasteiger partial charge < -0.3 is 0 Å². The number of aryl methyl sites for hydroxylation is 1. The zero-order valence-electron chi connectivity index (χ0n) is 7.90. The second kappa shape index (κ2) is 5.66. The Balaban J connectivity index is 2.83. The standard InChI is InChI=1S/C11H13AsO2/c1-2-11(13)14-10-6-4-3-5-9(10)7-8-12/h2-6H,1,7-8,12H2. The third-order valence-electron chi connectivity index (χ3n) is 1.76. The number of ether oxygens (including phenoxy) is 1. The van der Waals surface area contributed by atoms with Gasteiger partial charge in [0.25, 0.3) is 0 Å². The van der Waals surface area contributed by atoms with Gasteiger partial charge in [0, 0.05) is 0 Å². The van der Waals surface area contributed by atoms with Crippen LogP contribution in [0.4, 0.5) is 0 Å². The van der Waals surface area contributed by atoms with E-state index < -0.39 is 5.97 Å². The molecule has 0 spiro atoms. The first-order valence-corrected chi connectivity index (χ1v) is 6.11. The van der Waals surface area contributed by atoms with Crippen LogP contribution in [0.15, 0.2) is 36.9 Å². The van der Waals surface area contributed by atoms with Crippen LogP contribution in [-0.4, -0.2) is 22.8 Å². The molecule has 1 aromatic carbocycles. The zero-order chi connectivity index (χ0) is 10.4. The van der Waals surface area contributed by atoms with Crippen LogP contribution < -0.4 is 4.74 Å². The molecular formula is C11H13AsO2. The Morgan fingerprint density at radius 3 is 2.86 bits per heavy atom. The van der Waals surface area contributed by atoms with Gasteiger partial charge in [0.15, 0.2) is 0 Å². The van der Waals surface area contributed by atoms with Gasteiger partial charge in [-0.15, -0.1) is 0 Å². The summed E-state index contributed by atoms with van der Waals surface area (Å²) in [5, 5.41) is 1.09. The van der Waals surface area contributed by atoms with Gasteiger partial charge >= 0.3 is 92.2 Å². The molecule has 0 aromatic heterocycles. The molecule has 0 heterocycles. The van der Waals surface area contributed by atoms with Crippen molar-refractivity contribution in [1.29, 1.82) is 0 Å². The zero-order valence-corrected chi connectivity index (χ0v) is 10.3. The Morgan fingerprint density at radius 2 is 2.21 bits per heavy atom. The van der Waals surface area contributed by atoms with E-state index in [4.69, 9.17) is 4.74 Å². The average Bonchev–Trinajstić information content (AvgIpc) is 2.21. The van der Waals surface area contributed by atoms with E-state index in [1.54, 1.807) is 22.9 Å². The van der Waals surface area contributed by atoms with Gasteiger partial charge in [-0.2, -0.15) is 0 Å². The molecule has 1 rings (SSSR count). The Morgan fingerprint density at radius 1 is 1.50 bits per heavy atom.